The molecule has 0 saturated carbocycles. The maximum Gasteiger partial charge on any atom is 0.203 e. The van der Waals surface area contributed by atoms with Gasteiger partial charge in [-0.15, -0.1) is 10.2 Å². The molecule has 0 unspecified atom stereocenters. The molecule has 0 aliphatic rings. The Balaban J connectivity index is 1.98. The average Bonchev–Trinajstić information content (AvgIpc) is 2.72. The van der Waals surface area contributed by atoms with Gasteiger partial charge in [-0.05, 0) is 6.92 Å². The molecule has 5 nitrogen and oxygen atoms in total. The Labute approximate surface area is 89.2 Å². The van der Waals surface area contributed by atoms with Crippen LogP contribution in [0.4, 0.5) is 5.13 Å². The number of H-pyrrole nitrogens is 1. The SMILES string of the molecule is Cc1[nH]cnc1CSc1nnc(N)s1. The number of aromatic amines is 1. The molecule has 0 bridgehead atoms. The maximum absolute atomic E-state index is 5.47. The number of nitrogens with two attached hydrogens (primary N) is 1. The molecule has 2 aromatic rings. The van der Waals surface area contributed by atoms with Crippen LogP contribution in [0.3, 0.4) is 0 Å². The molecule has 0 atom stereocenters. The lowest BCUT2D eigenvalue weighted by Gasteiger charge is -1.94. The molecule has 0 amide bonds. The smallest absolute Gasteiger partial charge is 0.203 e. The number of thioether (sulfide) groups is 1. The molecular weight excluding hydrogens is 218 g/mol. The van der Waals surface area contributed by atoms with Crippen LogP contribution in [0.5, 0.6) is 0 Å². The third kappa shape index (κ3) is 2.05. The van der Waals surface area contributed by atoms with Crippen LogP contribution in [0.15, 0.2) is 10.7 Å². The molecule has 0 fully saturated rings. The number of hydrogen-bond acceptors (Lipinski definition) is 6. The second-order valence-corrected chi connectivity index (χ2v) is 4.90. The molecule has 7 heteroatoms. The number of hydrogen-bond donors (Lipinski definition) is 2. The fourth-order valence-electron chi connectivity index (χ4n) is 0.941. The van der Waals surface area contributed by atoms with Crippen molar-refractivity contribution in [3.8, 4) is 0 Å². The highest BCUT2D eigenvalue weighted by molar-refractivity contribution is 8.00. The van der Waals surface area contributed by atoms with Gasteiger partial charge in [0.1, 0.15) is 0 Å². The van der Waals surface area contributed by atoms with E-state index in [2.05, 4.69) is 20.2 Å². The molecule has 2 aromatic heterocycles. The van der Waals surface area contributed by atoms with Crippen molar-refractivity contribution in [2.75, 3.05) is 5.73 Å². The molecule has 2 heterocycles. The fraction of sp³-hybridized carbons (Fsp3) is 0.286. The number of nitrogens with one attached hydrogen (secondary N) is 1. The molecule has 0 aromatic carbocycles. The van der Waals surface area contributed by atoms with Gasteiger partial charge >= 0.3 is 0 Å². The van der Waals surface area contributed by atoms with Crippen molar-refractivity contribution in [1.82, 2.24) is 20.2 Å². The number of imidazole rings is 1. The van der Waals surface area contributed by atoms with Crippen LogP contribution in [-0.4, -0.2) is 20.2 Å². The minimum Gasteiger partial charge on any atom is -0.374 e. The first-order valence-corrected chi connectivity index (χ1v) is 5.76. The van der Waals surface area contributed by atoms with E-state index in [0.717, 1.165) is 21.5 Å². The summed E-state index contributed by atoms with van der Waals surface area (Å²) < 4.78 is 0.880. The predicted octanol–water partition coefficient (Wildman–Crippen LogP) is 1.44. The minimum atomic E-state index is 0.506. The van der Waals surface area contributed by atoms with Crippen LogP contribution in [0.25, 0.3) is 0 Å². The van der Waals surface area contributed by atoms with Crippen LogP contribution in [-0.2, 0) is 5.75 Å². The van der Waals surface area contributed by atoms with Gasteiger partial charge in [-0.1, -0.05) is 23.1 Å². The first kappa shape index (κ1) is 9.47. The summed E-state index contributed by atoms with van der Waals surface area (Å²) in [5.74, 6) is 0.796. The van der Waals surface area contributed by atoms with Gasteiger partial charge in [0.15, 0.2) is 4.34 Å². The van der Waals surface area contributed by atoms with E-state index in [1.54, 1.807) is 18.1 Å². The quantitative estimate of drug-likeness (QED) is 0.776. The molecule has 3 N–H and O–H groups in total. The summed E-state index contributed by atoms with van der Waals surface area (Å²) in [6.45, 7) is 2.00. The second-order valence-electron chi connectivity index (χ2n) is 2.67. The van der Waals surface area contributed by atoms with Crippen LogP contribution >= 0.6 is 23.1 Å². The third-order valence-corrected chi connectivity index (χ3v) is 3.59. The summed E-state index contributed by atoms with van der Waals surface area (Å²) in [7, 11) is 0. The van der Waals surface area contributed by atoms with Crippen LogP contribution in [0.1, 0.15) is 11.4 Å². The molecule has 0 radical (unpaired) electrons. The molecule has 0 saturated heterocycles. The number of aryl methyl sites for hydroxylation is 1. The Morgan fingerprint density at radius 1 is 1.57 bits per heavy atom. The lowest BCUT2D eigenvalue weighted by molar-refractivity contribution is 1.01. The number of aromatic nitrogens is 4. The lowest BCUT2D eigenvalue weighted by Crippen LogP contribution is -1.84. The van der Waals surface area contributed by atoms with Crippen molar-refractivity contribution >= 4 is 28.2 Å². The average molecular weight is 227 g/mol. The van der Waals surface area contributed by atoms with Gasteiger partial charge in [0.25, 0.3) is 0 Å². The standard InChI is InChI=1S/C7H9N5S2/c1-4-5(10-3-9-4)2-13-7-12-11-6(8)14-7/h3H,2H2,1H3,(H2,8,11)(H,9,10). The van der Waals surface area contributed by atoms with Gasteiger partial charge < -0.3 is 10.7 Å². The first-order chi connectivity index (χ1) is 6.75. The summed E-state index contributed by atoms with van der Waals surface area (Å²) in [4.78, 5) is 7.21. The van der Waals surface area contributed by atoms with E-state index in [-0.39, 0.29) is 0 Å². The molecule has 2 rings (SSSR count). The van der Waals surface area contributed by atoms with Crippen molar-refractivity contribution in [3.63, 3.8) is 0 Å². The zero-order valence-electron chi connectivity index (χ0n) is 7.52. The molecule has 0 aliphatic heterocycles. The van der Waals surface area contributed by atoms with Crippen molar-refractivity contribution in [3.05, 3.63) is 17.7 Å². The van der Waals surface area contributed by atoms with E-state index in [0.29, 0.717) is 5.13 Å². The summed E-state index contributed by atoms with van der Waals surface area (Å²) in [5.41, 5.74) is 7.60. The zero-order valence-corrected chi connectivity index (χ0v) is 9.15. The van der Waals surface area contributed by atoms with Crippen LogP contribution < -0.4 is 5.73 Å². The van der Waals surface area contributed by atoms with Crippen molar-refractivity contribution in [2.45, 2.75) is 17.0 Å². The van der Waals surface area contributed by atoms with Gasteiger partial charge in [-0.3, -0.25) is 0 Å². The lowest BCUT2D eigenvalue weighted by atomic mass is 10.4. The number of nitrogen functional groups attached to an aromatic ring is 1. The second kappa shape index (κ2) is 3.97. The highest BCUT2D eigenvalue weighted by atomic mass is 32.2. The summed E-state index contributed by atoms with van der Waals surface area (Å²) >= 11 is 2.99. The van der Waals surface area contributed by atoms with E-state index in [4.69, 9.17) is 5.73 Å². The molecule has 0 aliphatic carbocycles. The molecule has 74 valence electrons. The van der Waals surface area contributed by atoms with Gasteiger partial charge in [-0.2, -0.15) is 0 Å². The van der Waals surface area contributed by atoms with Gasteiger partial charge in [0.2, 0.25) is 5.13 Å². The summed E-state index contributed by atoms with van der Waals surface area (Å²) in [6.07, 6.45) is 1.69. The van der Waals surface area contributed by atoms with Gasteiger partial charge in [0.05, 0.1) is 12.0 Å². The number of rotatable bonds is 3. The molecule has 14 heavy (non-hydrogen) atoms. The van der Waals surface area contributed by atoms with E-state index in [1.165, 1.54) is 11.3 Å². The first-order valence-electron chi connectivity index (χ1n) is 3.96. The monoisotopic (exact) mass is 227 g/mol. The Morgan fingerprint density at radius 2 is 2.43 bits per heavy atom. The summed E-state index contributed by atoms with van der Waals surface area (Å²) in [5, 5.41) is 8.16. The Hall–Kier alpha value is -1.08. The van der Waals surface area contributed by atoms with Crippen molar-refractivity contribution < 1.29 is 0 Å². The molecular formula is C7H9N5S2. The fourth-order valence-corrected chi connectivity index (χ4v) is 2.60. The predicted molar refractivity (Wildman–Crippen MR) is 57.2 cm³/mol. The molecule has 0 spiro atoms. The summed E-state index contributed by atoms with van der Waals surface area (Å²) in [6, 6.07) is 0. The zero-order chi connectivity index (χ0) is 9.97. The largest absolute Gasteiger partial charge is 0.374 e. The normalized spacial score (nSPS) is 10.6. The Bertz CT molecular complexity index is 421. The topological polar surface area (TPSA) is 80.5 Å². The number of nitrogens with zero attached hydrogens (tertiary/aromatic N) is 3. The minimum absolute atomic E-state index is 0.506. The van der Waals surface area contributed by atoms with Crippen molar-refractivity contribution in [1.29, 1.82) is 0 Å². The maximum atomic E-state index is 5.47. The highest BCUT2D eigenvalue weighted by Crippen LogP contribution is 2.26. The Kier molecular flexibility index (Phi) is 2.69. The van der Waals surface area contributed by atoms with E-state index in [9.17, 15) is 0 Å². The van der Waals surface area contributed by atoms with Crippen LogP contribution in [0, 0.1) is 6.92 Å². The van der Waals surface area contributed by atoms with E-state index in [1.807, 2.05) is 6.92 Å². The van der Waals surface area contributed by atoms with Crippen LogP contribution in [0.2, 0.25) is 0 Å². The van der Waals surface area contributed by atoms with Gasteiger partial charge in [0, 0.05) is 11.4 Å². The third-order valence-electron chi connectivity index (χ3n) is 1.69. The van der Waals surface area contributed by atoms with E-state index >= 15 is 0 Å². The number of anilines is 1. The Morgan fingerprint density at radius 3 is 3.00 bits per heavy atom. The highest BCUT2D eigenvalue weighted by Gasteiger charge is 2.05. The van der Waals surface area contributed by atoms with Crippen molar-refractivity contribution in [2.24, 2.45) is 0 Å². The van der Waals surface area contributed by atoms with Gasteiger partial charge in [-0.25, -0.2) is 4.98 Å². The van der Waals surface area contributed by atoms with E-state index < -0.39 is 0 Å².